The zero-order valence-electron chi connectivity index (χ0n) is 39.7. The van der Waals surface area contributed by atoms with Crippen LogP contribution < -0.4 is 5.32 Å². The minimum atomic E-state index is -1.58. The molecule has 6 N–H and O–H groups in total. The standard InChI is InChI=1S/C55H89NO8/c1-3-5-7-9-11-13-15-17-18-19-20-21-22-23-24-25-26-27-28-29-30-31-32-33-35-37-39-41-43-45-51(59)56-48(47-63-55-54(62)53(61)52(60)50(46-57)64-55)49(58)44-42-40-38-36-34-16-14-12-10-8-6-4-2/h5,7,11,13,17-18,20-21,23-24,26-27,29-30,32-34,36,42,44,48-50,52-55,57-58,60-62H,3-4,6,8-10,12,14-16,19,22,25,28,31,35,37-41,43,45-47H2,1-2H3,(H,56,59)/b7-5-,13-11-,18-17-,21-20-,24-23-,27-26-,30-29-,33-32-,36-34+,44-42+. The van der Waals surface area contributed by atoms with E-state index in [-0.39, 0.29) is 12.5 Å². The van der Waals surface area contributed by atoms with Gasteiger partial charge in [-0.25, -0.2) is 0 Å². The molecular weight excluding hydrogens is 803 g/mol. The molecule has 1 aliphatic heterocycles. The van der Waals surface area contributed by atoms with Crippen LogP contribution in [0.5, 0.6) is 0 Å². The van der Waals surface area contributed by atoms with Gasteiger partial charge in [0.25, 0.3) is 0 Å². The third-order valence-corrected chi connectivity index (χ3v) is 10.8. The van der Waals surface area contributed by atoms with Gasteiger partial charge < -0.3 is 40.3 Å². The lowest BCUT2D eigenvalue weighted by Crippen LogP contribution is -2.60. The summed E-state index contributed by atoms with van der Waals surface area (Å²) >= 11 is 0. The molecule has 362 valence electrons. The summed E-state index contributed by atoms with van der Waals surface area (Å²) in [6.07, 6.45) is 58.2. The Hall–Kier alpha value is -3.41. The molecule has 9 nitrogen and oxygen atoms in total. The average Bonchev–Trinajstić information content (AvgIpc) is 3.29. The minimum absolute atomic E-state index is 0.219. The number of carbonyl (C=O) groups is 1. The summed E-state index contributed by atoms with van der Waals surface area (Å²) in [5.74, 6) is -0.219. The van der Waals surface area contributed by atoms with Gasteiger partial charge in [-0.2, -0.15) is 0 Å². The summed E-state index contributed by atoms with van der Waals surface area (Å²) < 4.78 is 11.2. The van der Waals surface area contributed by atoms with E-state index >= 15 is 0 Å². The topological polar surface area (TPSA) is 149 Å². The Bertz CT molecular complexity index is 1410. The van der Waals surface area contributed by atoms with Crippen molar-refractivity contribution < 1.29 is 39.8 Å². The first-order valence-electron chi connectivity index (χ1n) is 24.8. The molecule has 0 saturated carbocycles. The summed E-state index contributed by atoms with van der Waals surface area (Å²) in [7, 11) is 0. The van der Waals surface area contributed by atoms with E-state index in [4.69, 9.17) is 9.47 Å². The average molecular weight is 892 g/mol. The van der Waals surface area contributed by atoms with Gasteiger partial charge in [-0.1, -0.05) is 180 Å². The van der Waals surface area contributed by atoms with Crippen molar-refractivity contribution in [3.63, 3.8) is 0 Å². The molecule has 0 aromatic rings. The molecule has 1 heterocycles. The number of nitrogens with one attached hydrogen (secondary N) is 1. The Labute approximate surface area is 388 Å². The Balaban J connectivity index is 2.31. The van der Waals surface area contributed by atoms with Gasteiger partial charge in [0.2, 0.25) is 5.91 Å². The van der Waals surface area contributed by atoms with E-state index in [1.165, 1.54) is 38.5 Å². The predicted molar refractivity (Wildman–Crippen MR) is 267 cm³/mol. The van der Waals surface area contributed by atoms with Gasteiger partial charge >= 0.3 is 0 Å². The molecular formula is C55H89NO8. The van der Waals surface area contributed by atoms with Crippen LogP contribution >= 0.6 is 0 Å². The highest BCUT2D eigenvalue weighted by molar-refractivity contribution is 5.76. The van der Waals surface area contributed by atoms with Crippen LogP contribution in [0.1, 0.15) is 162 Å². The first-order valence-corrected chi connectivity index (χ1v) is 24.8. The molecule has 0 aromatic carbocycles. The highest BCUT2D eigenvalue weighted by atomic mass is 16.7. The van der Waals surface area contributed by atoms with Crippen molar-refractivity contribution in [3.8, 4) is 0 Å². The molecule has 1 saturated heterocycles. The number of hydrogen-bond donors (Lipinski definition) is 6. The number of allylic oxidation sites excluding steroid dienone is 19. The van der Waals surface area contributed by atoms with Crippen molar-refractivity contribution in [2.45, 2.75) is 204 Å². The van der Waals surface area contributed by atoms with Crippen LogP contribution in [0.15, 0.2) is 122 Å². The van der Waals surface area contributed by atoms with Gasteiger partial charge in [-0.15, -0.1) is 0 Å². The molecule has 0 bridgehead atoms. The minimum Gasteiger partial charge on any atom is -0.394 e. The highest BCUT2D eigenvalue weighted by Gasteiger charge is 2.44. The van der Waals surface area contributed by atoms with Crippen molar-refractivity contribution >= 4 is 5.91 Å². The third kappa shape index (κ3) is 33.1. The van der Waals surface area contributed by atoms with Gasteiger partial charge in [0.1, 0.15) is 24.4 Å². The molecule has 1 fully saturated rings. The lowest BCUT2D eigenvalue weighted by molar-refractivity contribution is -0.302. The second-order valence-corrected chi connectivity index (χ2v) is 16.5. The molecule has 0 aliphatic carbocycles. The maximum absolute atomic E-state index is 13.0. The van der Waals surface area contributed by atoms with E-state index in [0.29, 0.717) is 12.8 Å². The lowest BCUT2D eigenvalue weighted by atomic mass is 9.99. The third-order valence-electron chi connectivity index (χ3n) is 10.8. The maximum Gasteiger partial charge on any atom is 0.220 e. The first-order chi connectivity index (χ1) is 31.3. The van der Waals surface area contributed by atoms with Crippen molar-refractivity contribution in [3.05, 3.63) is 122 Å². The zero-order valence-corrected chi connectivity index (χ0v) is 39.7. The summed E-state index contributed by atoms with van der Waals surface area (Å²) in [4.78, 5) is 13.0. The second-order valence-electron chi connectivity index (χ2n) is 16.5. The van der Waals surface area contributed by atoms with Gasteiger partial charge in [0.15, 0.2) is 6.29 Å². The van der Waals surface area contributed by atoms with E-state index < -0.39 is 49.5 Å². The van der Waals surface area contributed by atoms with Crippen molar-refractivity contribution in [1.29, 1.82) is 0 Å². The van der Waals surface area contributed by atoms with E-state index in [1.54, 1.807) is 6.08 Å². The fourth-order valence-corrected chi connectivity index (χ4v) is 6.83. The number of rotatable bonds is 39. The molecule has 64 heavy (non-hydrogen) atoms. The van der Waals surface area contributed by atoms with E-state index in [9.17, 15) is 30.3 Å². The van der Waals surface area contributed by atoms with Crippen LogP contribution in [0, 0.1) is 0 Å². The predicted octanol–water partition coefficient (Wildman–Crippen LogP) is 11.2. The molecule has 0 spiro atoms. The Morgan fingerprint density at radius 1 is 0.547 bits per heavy atom. The monoisotopic (exact) mass is 892 g/mol. The maximum atomic E-state index is 13.0. The summed E-state index contributed by atoms with van der Waals surface area (Å²) in [5, 5.41) is 54.1. The van der Waals surface area contributed by atoms with Crippen molar-refractivity contribution in [1.82, 2.24) is 5.32 Å². The second kappa shape index (κ2) is 43.5. The number of hydrogen-bond acceptors (Lipinski definition) is 8. The van der Waals surface area contributed by atoms with Gasteiger partial charge in [-0.05, 0) is 96.3 Å². The molecule has 1 rings (SSSR count). The lowest BCUT2D eigenvalue weighted by Gasteiger charge is -2.40. The van der Waals surface area contributed by atoms with E-state index in [1.807, 2.05) is 6.08 Å². The Kier molecular flexibility index (Phi) is 39.8. The van der Waals surface area contributed by atoms with Gasteiger partial charge in [0, 0.05) is 6.42 Å². The van der Waals surface area contributed by atoms with Crippen molar-refractivity contribution in [2.24, 2.45) is 0 Å². The van der Waals surface area contributed by atoms with Crippen LogP contribution in [-0.2, 0) is 14.3 Å². The van der Waals surface area contributed by atoms with Crippen LogP contribution in [0.2, 0.25) is 0 Å². The number of amides is 1. The highest BCUT2D eigenvalue weighted by Crippen LogP contribution is 2.22. The number of ether oxygens (including phenoxy) is 2. The van der Waals surface area contributed by atoms with Crippen LogP contribution in [-0.4, -0.2) is 87.5 Å². The molecule has 0 aromatic heterocycles. The smallest absolute Gasteiger partial charge is 0.220 e. The fourth-order valence-electron chi connectivity index (χ4n) is 6.83. The fraction of sp³-hybridized carbons (Fsp3) is 0.618. The number of aliphatic hydroxyl groups excluding tert-OH is 5. The van der Waals surface area contributed by atoms with Crippen LogP contribution in [0.3, 0.4) is 0 Å². The summed E-state index contributed by atoms with van der Waals surface area (Å²) in [6.45, 7) is 3.58. The largest absolute Gasteiger partial charge is 0.394 e. The molecule has 1 aliphatic rings. The van der Waals surface area contributed by atoms with Gasteiger partial charge in [-0.3, -0.25) is 4.79 Å². The van der Waals surface area contributed by atoms with Crippen molar-refractivity contribution in [2.75, 3.05) is 13.2 Å². The van der Waals surface area contributed by atoms with Crippen LogP contribution in [0.25, 0.3) is 0 Å². The molecule has 7 atom stereocenters. The first kappa shape index (κ1) is 58.6. The SMILES string of the molecule is CC/C=C\C/C=C\C/C=C\C/C=C\C/C=C\C/C=C\C/C=C\C/C=C\CCCCCCC(=O)NC(COC1OC(CO)C(O)C(O)C1O)C(O)/C=C/CC/C=C/CCCCCCCC. The van der Waals surface area contributed by atoms with Crippen LogP contribution in [0.4, 0.5) is 0 Å². The molecule has 1 amide bonds. The van der Waals surface area contributed by atoms with E-state index in [2.05, 4.69) is 129 Å². The zero-order chi connectivity index (χ0) is 46.6. The Morgan fingerprint density at radius 2 is 0.984 bits per heavy atom. The molecule has 7 unspecified atom stereocenters. The number of unbranched alkanes of at least 4 members (excludes halogenated alkanes) is 11. The summed E-state index contributed by atoms with van der Waals surface area (Å²) in [6, 6.07) is -0.843. The number of carbonyl (C=O) groups excluding carboxylic acids is 1. The quantitative estimate of drug-likeness (QED) is 0.0264. The summed E-state index contributed by atoms with van der Waals surface area (Å²) in [5.41, 5.74) is 0. The molecule has 0 radical (unpaired) electrons. The van der Waals surface area contributed by atoms with E-state index in [0.717, 1.165) is 96.3 Å². The molecule has 9 heteroatoms. The number of aliphatic hydroxyl groups is 5. The van der Waals surface area contributed by atoms with Gasteiger partial charge in [0.05, 0.1) is 25.4 Å². The normalized spacial score (nSPS) is 21.1. The Morgan fingerprint density at radius 3 is 1.50 bits per heavy atom.